The van der Waals surface area contributed by atoms with Crippen molar-refractivity contribution in [3.05, 3.63) is 0 Å². The third-order valence-corrected chi connectivity index (χ3v) is 5.04. The zero-order valence-electron chi connectivity index (χ0n) is 17.8. The number of hydrogen-bond donors (Lipinski definition) is 0. The van der Waals surface area contributed by atoms with E-state index in [1.807, 2.05) is 0 Å². The van der Waals surface area contributed by atoms with E-state index in [1.165, 1.54) is 51.4 Å². The number of unbranched alkanes of at least 4 members (excludes halogenated alkanes) is 9. The van der Waals surface area contributed by atoms with Gasteiger partial charge in [-0.25, -0.2) is 0 Å². The Kier molecular flexibility index (Phi) is 22.1. The molecule has 0 fully saturated rings. The van der Waals surface area contributed by atoms with Crippen molar-refractivity contribution in [3.8, 4) is 0 Å². The first kappa shape index (κ1) is 26.9. The lowest BCUT2D eigenvalue weighted by Gasteiger charge is -2.18. The van der Waals surface area contributed by atoms with Crippen molar-refractivity contribution in [2.45, 2.75) is 110 Å². The number of halogens is 1. The van der Waals surface area contributed by atoms with Gasteiger partial charge < -0.3 is 14.2 Å². The maximum absolute atomic E-state index is 11.9. The zero-order valence-corrected chi connectivity index (χ0v) is 19.4. The predicted octanol–water partition coefficient (Wildman–Crippen LogP) is 6.79. The quantitative estimate of drug-likeness (QED) is 0.0835. The topological polar surface area (TPSA) is 44.8 Å². The summed E-state index contributed by atoms with van der Waals surface area (Å²) in [5.74, 6) is -0.135. The van der Waals surface area contributed by atoms with Crippen molar-refractivity contribution in [1.82, 2.24) is 0 Å². The second kappa shape index (κ2) is 22.2. The second-order valence-corrected chi connectivity index (χ2v) is 7.95. The van der Waals surface area contributed by atoms with Crippen LogP contribution in [0.2, 0.25) is 0 Å². The molecule has 0 aliphatic heterocycles. The zero-order chi connectivity index (χ0) is 20.0. The van der Waals surface area contributed by atoms with Gasteiger partial charge in [-0.05, 0) is 25.7 Å². The molecule has 0 unspecified atom stereocenters. The van der Waals surface area contributed by atoms with Gasteiger partial charge in [0, 0.05) is 25.0 Å². The molecule has 0 aliphatic carbocycles. The van der Waals surface area contributed by atoms with Gasteiger partial charge in [-0.15, -0.1) is 0 Å². The Morgan fingerprint density at radius 1 is 0.741 bits per heavy atom. The maximum atomic E-state index is 11.9. The van der Waals surface area contributed by atoms with Gasteiger partial charge >= 0.3 is 5.97 Å². The average Bonchev–Trinajstić information content (AvgIpc) is 2.67. The molecule has 4 nitrogen and oxygen atoms in total. The lowest BCUT2D eigenvalue weighted by molar-refractivity contribution is -0.159. The van der Waals surface area contributed by atoms with E-state index in [0.29, 0.717) is 32.7 Å². The highest BCUT2D eigenvalue weighted by atomic mass is 79.9. The molecule has 0 atom stereocenters. The van der Waals surface area contributed by atoms with E-state index in [0.717, 1.165) is 31.0 Å². The van der Waals surface area contributed by atoms with Crippen molar-refractivity contribution < 1.29 is 19.0 Å². The summed E-state index contributed by atoms with van der Waals surface area (Å²) in [7, 11) is 0. The molecule has 0 saturated heterocycles. The Morgan fingerprint density at radius 2 is 1.26 bits per heavy atom. The molecule has 0 aromatic carbocycles. The summed E-state index contributed by atoms with van der Waals surface area (Å²) >= 11 is 3.43. The number of hydrogen-bond acceptors (Lipinski definition) is 4. The van der Waals surface area contributed by atoms with Crippen LogP contribution in [0.3, 0.4) is 0 Å². The number of alkyl halides is 1. The van der Waals surface area contributed by atoms with Crippen molar-refractivity contribution in [3.63, 3.8) is 0 Å². The van der Waals surface area contributed by atoms with Gasteiger partial charge in [-0.3, -0.25) is 4.79 Å². The van der Waals surface area contributed by atoms with E-state index < -0.39 is 0 Å². The largest absolute Gasteiger partial charge is 0.466 e. The van der Waals surface area contributed by atoms with Crippen molar-refractivity contribution in [1.29, 1.82) is 0 Å². The van der Waals surface area contributed by atoms with Crippen LogP contribution in [0.4, 0.5) is 0 Å². The Bertz CT molecular complexity index is 299. The number of carbonyl (C=O) groups excluding carboxylic acids is 1. The normalized spacial score (nSPS) is 11.3. The number of carbonyl (C=O) groups is 1. The SMILES string of the molecule is CCCCCCOC(CCC(=O)OCCCCCCBr)OCCCCCC. The minimum Gasteiger partial charge on any atom is -0.466 e. The van der Waals surface area contributed by atoms with Crippen LogP contribution >= 0.6 is 15.9 Å². The molecule has 0 amide bonds. The second-order valence-electron chi connectivity index (χ2n) is 7.15. The van der Waals surface area contributed by atoms with E-state index in [9.17, 15) is 4.79 Å². The number of ether oxygens (including phenoxy) is 3. The van der Waals surface area contributed by atoms with Gasteiger partial charge in [0.15, 0.2) is 6.29 Å². The van der Waals surface area contributed by atoms with Gasteiger partial charge in [-0.2, -0.15) is 0 Å². The molecule has 162 valence electrons. The minimum absolute atomic E-state index is 0.135. The Balaban J connectivity index is 3.91. The monoisotopic (exact) mass is 450 g/mol. The van der Waals surface area contributed by atoms with Gasteiger partial charge in [-0.1, -0.05) is 81.1 Å². The molecule has 0 aromatic heterocycles. The fraction of sp³-hybridized carbons (Fsp3) is 0.955. The lowest BCUT2D eigenvalue weighted by Crippen LogP contribution is -2.21. The van der Waals surface area contributed by atoms with Crippen LogP contribution in [0.15, 0.2) is 0 Å². The molecule has 0 aliphatic rings. The summed E-state index contributed by atoms with van der Waals surface area (Å²) in [6, 6.07) is 0. The molecule has 0 bridgehead atoms. The molecule has 0 aromatic rings. The highest BCUT2D eigenvalue weighted by Crippen LogP contribution is 2.10. The average molecular weight is 451 g/mol. The van der Waals surface area contributed by atoms with E-state index in [-0.39, 0.29) is 12.3 Å². The molecule has 0 spiro atoms. The molecular formula is C22H43BrO4. The van der Waals surface area contributed by atoms with Crippen molar-refractivity contribution in [2.24, 2.45) is 0 Å². The van der Waals surface area contributed by atoms with E-state index >= 15 is 0 Å². The van der Waals surface area contributed by atoms with E-state index in [2.05, 4.69) is 29.8 Å². The highest BCUT2D eigenvalue weighted by Gasteiger charge is 2.13. The fourth-order valence-electron chi connectivity index (χ4n) is 2.75. The van der Waals surface area contributed by atoms with Gasteiger partial charge in [0.05, 0.1) is 13.0 Å². The summed E-state index contributed by atoms with van der Waals surface area (Å²) in [5, 5.41) is 1.05. The van der Waals surface area contributed by atoms with Crippen LogP contribution in [0, 0.1) is 0 Å². The Morgan fingerprint density at radius 3 is 1.81 bits per heavy atom. The third-order valence-electron chi connectivity index (χ3n) is 4.48. The molecule has 0 saturated carbocycles. The summed E-state index contributed by atoms with van der Waals surface area (Å²) in [5.41, 5.74) is 0. The first-order valence-electron chi connectivity index (χ1n) is 11.2. The first-order valence-corrected chi connectivity index (χ1v) is 12.3. The van der Waals surface area contributed by atoms with Crippen LogP contribution in [0.5, 0.6) is 0 Å². The van der Waals surface area contributed by atoms with Crippen LogP contribution < -0.4 is 0 Å². The molecule has 0 N–H and O–H groups in total. The molecule has 0 radical (unpaired) electrons. The van der Waals surface area contributed by atoms with E-state index in [4.69, 9.17) is 14.2 Å². The van der Waals surface area contributed by atoms with Gasteiger partial charge in [0.25, 0.3) is 0 Å². The van der Waals surface area contributed by atoms with E-state index in [1.54, 1.807) is 0 Å². The summed E-state index contributed by atoms with van der Waals surface area (Å²) in [6.45, 7) is 6.36. The Labute approximate surface area is 176 Å². The predicted molar refractivity (Wildman–Crippen MR) is 116 cm³/mol. The van der Waals surface area contributed by atoms with Crippen LogP contribution in [-0.2, 0) is 19.0 Å². The van der Waals surface area contributed by atoms with Gasteiger partial charge in [0.2, 0.25) is 0 Å². The van der Waals surface area contributed by atoms with Gasteiger partial charge in [0.1, 0.15) is 0 Å². The molecule has 5 heteroatoms. The molecular weight excluding hydrogens is 408 g/mol. The first-order chi connectivity index (χ1) is 13.2. The van der Waals surface area contributed by atoms with Crippen LogP contribution in [0.1, 0.15) is 104 Å². The van der Waals surface area contributed by atoms with Crippen molar-refractivity contribution >= 4 is 21.9 Å². The number of esters is 1. The molecule has 0 rings (SSSR count). The van der Waals surface area contributed by atoms with Crippen LogP contribution in [-0.4, -0.2) is 37.4 Å². The fourth-order valence-corrected chi connectivity index (χ4v) is 3.14. The highest BCUT2D eigenvalue weighted by molar-refractivity contribution is 9.09. The summed E-state index contributed by atoms with van der Waals surface area (Å²) in [6.07, 6.45) is 14.5. The van der Waals surface area contributed by atoms with Crippen molar-refractivity contribution in [2.75, 3.05) is 25.2 Å². The standard InChI is InChI=1S/C22H43BrO4/c1-3-5-7-12-19-26-22(27-20-13-8-6-4-2)16-15-21(24)25-18-14-10-9-11-17-23/h22H,3-20H2,1-2H3. The smallest absolute Gasteiger partial charge is 0.305 e. The third kappa shape index (κ3) is 20.4. The summed E-state index contributed by atoms with van der Waals surface area (Å²) in [4.78, 5) is 11.9. The maximum Gasteiger partial charge on any atom is 0.305 e. The minimum atomic E-state index is -0.278. The van der Waals surface area contributed by atoms with Crippen LogP contribution in [0.25, 0.3) is 0 Å². The molecule has 27 heavy (non-hydrogen) atoms. The molecule has 0 heterocycles. The summed E-state index contributed by atoms with van der Waals surface area (Å²) < 4.78 is 17.1. The lowest BCUT2D eigenvalue weighted by atomic mass is 10.2. The number of rotatable bonds is 21. The Hall–Kier alpha value is -0.130.